The van der Waals surface area contributed by atoms with Crippen LogP contribution in [0.25, 0.3) is 0 Å². The van der Waals surface area contributed by atoms with Gasteiger partial charge in [-0.2, -0.15) is 4.31 Å². The highest BCUT2D eigenvalue weighted by Crippen LogP contribution is 2.30. The van der Waals surface area contributed by atoms with Crippen molar-refractivity contribution in [3.05, 3.63) is 75.5 Å². The summed E-state index contributed by atoms with van der Waals surface area (Å²) in [5.74, 6) is 0.539. The number of aryl methyl sites for hydroxylation is 1. The third kappa shape index (κ3) is 5.43. The zero-order valence-corrected chi connectivity index (χ0v) is 21.2. The number of carbonyl (C=O) groups excluding carboxylic acids is 1. The number of amides is 1. The Kier molecular flexibility index (Phi) is 8.16. The van der Waals surface area contributed by atoms with Gasteiger partial charge in [0.15, 0.2) is 0 Å². The Morgan fingerprint density at radius 1 is 1.06 bits per heavy atom. The molecule has 3 rings (SSSR count). The topological polar surface area (TPSA) is 66.5 Å². The quantitative estimate of drug-likeness (QED) is 0.379. The number of thiophene rings is 1. The monoisotopic (exact) mass is 488 g/mol. The molecule has 1 amide bonds. The number of carbonyl (C=O) groups is 1. The number of anilines is 1. The maximum Gasteiger partial charge on any atom is 0.256 e. The molecule has 0 radical (unpaired) electrons. The molecule has 0 fully saturated rings. The molecule has 32 heavy (non-hydrogen) atoms. The Hall–Kier alpha value is -2.13. The van der Waals surface area contributed by atoms with Crippen LogP contribution in [0, 0.1) is 13.8 Å². The van der Waals surface area contributed by atoms with Crippen LogP contribution in [0.4, 0.5) is 5.69 Å². The fourth-order valence-electron chi connectivity index (χ4n) is 3.33. The highest BCUT2D eigenvalue weighted by atomic mass is 32.2. The number of thioether (sulfide) groups is 1. The van der Waals surface area contributed by atoms with Gasteiger partial charge in [0, 0.05) is 34.3 Å². The number of hydrogen-bond donors (Lipinski definition) is 1. The van der Waals surface area contributed by atoms with Crippen molar-refractivity contribution in [1.29, 1.82) is 0 Å². The smallest absolute Gasteiger partial charge is 0.256 e. The van der Waals surface area contributed by atoms with Crippen molar-refractivity contribution in [2.45, 2.75) is 43.2 Å². The summed E-state index contributed by atoms with van der Waals surface area (Å²) in [6.45, 7) is 8.16. The van der Waals surface area contributed by atoms with Crippen LogP contribution < -0.4 is 5.32 Å². The lowest BCUT2D eigenvalue weighted by Gasteiger charge is -2.20. The van der Waals surface area contributed by atoms with E-state index >= 15 is 0 Å². The van der Waals surface area contributed by atoms with Crippen LogP contribution in [-0.4, -0.2) is 31.7 Å². The van der Waals surface area contributed by atoms with Gasteiger partial charge in [-0.25, -0.2) is 8.42 Å². The molecule has 0 unspecified atom stereocenters. The van der Waals surface area contributed by atoms with Gasteiger partial charge in [-0.15, -0.1) is 23.1 Å². The van der Waals surface area contributed by atoms with Gasteiger partial charge < -0.3 is 5.32 Å². The van der Waals surface area contributed by atoms with Crippen molar-refractivity contribution in [1.82, 2.24) is 4.31 Å². The average molecular weight is 489 g/mol. The maximum atomic E-state index is 13.2. The van der Waals surface area contributed by atoms with Crippen molar-refractivity contribution in [2.24, 2.45) is 0 Å². The first-order valence-electron chi connectivity index (χ1n) is 10.4. The molecular weight excluding hydrogens is 460 g/mol. The highest BCUT2D eigenvalue weighted by Gasteiger charge is 2.24. The first kappa shape index (κ1) is 24.5. The molecule has 0 spiro atoms. The summed E-state index contributed by atoms with van der Waals surface area (Å²) in [6.07, 6.45) is 0. The van der Waals surface area contributed by atoms with Gasteiger partial charge >= 0.3 is 0 Å². The van der Waals surface area contributed by atoms with Crippen molar-refractivity contribution in [3.63, 3.8) is 0 Å². The fraction of sp³-hybridized carbons (Fsp3) is 0.292. The first-order valence-corrected chi connectivity index (χ1v) is 13.7. The molecule has 0 saturated heterocycles. The normalized spacial score (nSPS) is 11.7. The van der Waals surface area contributed by atoms with Gasteiger partial charge in [0.25, 0.3) is 5.91 Å². The number of rotatable bonds is 9. The summed E-state index contributed by atoms with van der Waals surface area (Å²) in [5.41, 5.74) is 2.75. The Labute approximate surface area is 198 Å². The highest BCUT2D eigenvalue weighted by molar-refractivity contribution is 7.98. The molecule has 0 aliphatic rings. The van der Waals surface area contributed by atoms with Gasteiger partial charge in [-0.1, -0.05) is 32.0 Å². The van der Waals surface area contributed by atoms with Gasteiger partial charge in [-0.05, 0) is 60.7 Å². The minimum absolute atomic E-state index is 0.194. The average Bonchev–Trinajstić information content (AvgIpc) is 3.29. The van der Waals surface area contributed by atoms with E-state index in [0.717, 1.165) is 21.8 Å². The van der Waals surface area contributed by atoms with Crippen LogP contribution in [0.15, 0.2) is 63.7 Å². The van der Waals surface area contributed by atoms with Crippen molar-refractivity contribution < 1.29 is 13.2 Å². The number of nitrogens with one attached hydrogen (secondary N) is 1. The van der Waals surface area contributed by atoms with Gasteiger partial charge in [0.05, 0.1) is 10.5 Å². The third-order valence-corrected chi connectivity index (χ3v) is 9.52. The minimum Gasteiger partial charge on any atom is -0.322 e. The molecule has 1 heterocycles. The van der Waals surface area contributed by atoms with Gasteiger partial charge in [-0.3, -0.25) is 4.79 Å². The van der Waals surface area contributed by atoms with Gasteiger partial charge in [0.1, 0.15) is 0 Å². The second-order valence-corrected chi connectivity index (χ2v) is 11.3. The Morgan fingerprint density at radius 3 is 2.44 bits per heavy atom. The van der Waals surface area contributed by atoms with Crippen molar-refractivity contribution >= 4 is 44.7 Å². The zero-order chi connectivity index (χ0) is 23.3. The first-order chi connectivity index (χ1) is 15.3. The van der Waals surface area contributed by atoms with E-state index in [4.69, 9.17) is 0 Å². The van der Waals surface area contributed by atoms with E-state index in [0.29, 0.717) is 24.3 Å². The molecule has 0 atom stereocenters. The predicted molar refractivity (Wildman–Crippen MR) is 134 cm³/mol. The fourth-order valence-corrected chi connectivity index (χ4v) is 6.72. The lowest BCUT2D eigenvalue weighted by molar-refractivity contribution is 0.102. The Bertz CT molecular complexity index is 1190. The van der Waals surface area contributed by atoms with E-state index in [1.54, 1.807) is 41.3 Å². The van der Waals surface area contributed by atoms with E-state index in [1.165, 1.54) is 9.18 Å². The summed E-state index contributed by atoms with van der Waals surface area (Å²) in [6, 6.07) is 14.8. The lowest BCUT2D eigenvalue weighted by Crippen LogP contribution is -2.30. The second kappa shape index (κ2) is 10.7. The molecule has 1 aromatic heterocycles. The predicted octanol–water partition coefficient (Wildman–Crippen LogP) is 5.94. The van der Waals surface area contributed by atoms with Crippen LogP contribution in [0.2, 0.25) is 0 Å². The van der Waals surface area contributed by atoms with Crippen LogP contribution >= 0.6 is 23.1 Å². The summed E-state index contributed by atoms with van der Waals surface area (Å²) in [7, 11) is -3.63. The van der Waals surface area contributed by atoms with Crippen LogP contribution in [0.1, 0.15) is 40.2 Å². The number of sulfonamides is 1. The molecule has 0 aliphatic heterocycles. The van der Waals surface area contributed by atoms with E-state index in [-0.39, 0.29) is 10.8 Å². The minimum atomic E-state index is -3.63. The zero-order valence-electron chi connectivity index (χ0n) is 18.7. The molecule has 3 aromatic rings. The van der Waals surface area contributed by atoms with Crippen LogP contribution in [0.5, 0.6) is 0 Å². The van der Waals surface area contributed by atoms with Crippen molar-refractivity contribution in [3.8, 4) is 0 Å². The van der Waals surface area contributed by atoms with Crippen LogP contribution in [0.3, 0.4) is 0 Å². The van der Waals surface area contributed by atoms with Crippen molar-refractivity contribution in [2.75, 3.05) is 18.4 Å². The lowest BCUT2D eigenvalue weighted by atomic mass is 10.1. The van der Waals surface area contributed by atoms with Gasteiger partial charge in [0.2, 0.25) is 10.0 Å². The maximum absolute atomic E-state index is 13.2. The molecule has 2 aromatic carbocycles. The largest absolute Gasteiger partial charge is 0.322 e. The summed E-state index contributed by atoms with van der Waals surface area (Å²) >= 11 is 3.31. The molecule has 1 N–H and O–H groups in total. The standard InChI is InChI=1S/C24H28N2O3S3/c1-5-26(6-2)32(28,29)20-14-17(3)18(4)22(15-20)25-24(27)21-11-7-8-12-23(21)31-16-19-10-9-13-30-19/h7-15H,5-6,16H2,1-4H3,(H,25,27). The van der Waals surface area contributed by atoms with E-state index in [9.17, 15) is 13.2 Å². The Balaban J connectivity index is 1.89. The molecule has 8 heteroatoms. The molecule has 5 nitrogen and oxygen atoms in total. The van der Waals surface area contributed by atoms with E-state index in [1.807, 2.05) is 57.3 Å². The molecule has 170 valence electrons. The Morgan fingerprint density at radius 2 is 1.78 bits per heavy atom. The molecule has 0 aliphatic carbocycles. The second-order valence-electron chi connectivity index (χ2n) is 7.32. The third-order valence-electron chi connectivity index (χ3n) is 5.31. The number of hydrogen-bond acceptors (Lipinski definition) is 5. The number of nitrogens with zero attached hydrogens (tertiary/aromatic N) is 1. The summed E-state index contributed by atoms with van der Waals surface area (Å²) in [4.78, 5) is 15.5. The van der Waals surface area contributed by atoms with E-state index in [2.05, 4.69) is 11.4 Å². The van der Waals surface area contributed by atoms with E-state index < -0.39 is 10.0 Å². The molecule has 0 bridgehead atoms. The SMILES string of the molecule is CCN(CC)S(=O)(=O)c1cc(C)c(C)c(NC(=O)c2ccccc2SCc2cccs2)c1. The summed E-state index contributed by atoms with van der Waals surface area (Å²) in [5, 5.41) is 5.00. The molecular formula is C24H28N2O3S3. The number of benzene rings is 2. The molecule has 0 saturated carbocycles. The summed E-state index contributed by atoms with van der Waals surface area (Å²) < 4.78 is 27.5. The van der Waals surface area contributed by atoms with Crippen LogP contribution in [-0.2, 0) is 15.8 Å².